The third-order valence-electron chi connectivity index (χ3n) is 3.55. The lowest BCUT2D eigenvalue weighted by Gasteiger charge is -2.07. The van der Waals surface area contributed by atoms with Crippen LogP contribution in [0.2, 0.25) is 0 Å². The first-order valence-corrected chi connectivity index (χ1v) is 9.80. The highest BCUT2D eigenvalue weighted by molar-refractivity contribution is 7.90. The molecule has 0 aromatic heterocycles. The van der Waals surface area contributed by atoms with Crippen LogP contribution in [0.25, 0.3) is 0 Å². The standard InChI is InChI=1S/C17H27NO3S/c1-2-3-4-5-6-7-8-12-15-22(20,21)18-17(19)16-13-10-9-11-14-16/h9-11,13-14H,2-8,12,15H2,1H3,(H,18,19). The summed E-state index contributed by atoms with van der Waals surface area (Å²) < 4.78 is 25.8. The topological polar surface area (TPSA) is 63.2 Å². The van der Waals surface area contributed by atoms with E-state index in [4.69, 9.17) is 0 Å². The van der Waals surface area contributed by atoms with E-state index in [1.807, 2.05) is 0 Å². The number of sulfonamides is 1. The molecule has 0 aliphatic heterocycles. The van der Waals surface area contributed by atoms with E-state index >= 15 is 0 Å². The molecule has 0 aliphatic rings. The molecule has 0 atom stereocenters. The van der Waals surface area contributed by atoms with Crippen molar-refractivity contribution in [3.05, 3.63) is 35.9 Å². The Balaban J connectivity index is 2.20. The number of carbonyl (C=O) groups is 1. The first-order valence-electron chi connectivity index (χ1n) is 8.15. The van der Waals surface area contributed by atoms with Gasteiger partial charge in [0.15, 0.2) is 0 Å². The van der Waals surface area contributed by atoms with Gasteiger partial charge < -0.3 is 0 Å². The zero-order chi connectivity index (χ0) is 16.3. The highest BCUT2D eigenvalue weighted by atomic mass is 32.2. The summed E-state index contributed by atoms with van der Waals surface area (Å²) in [4.78, 5) is 11.8. The zero-order valence-corrected chi connectivity index (χ0v) is 14.2. The van der Waals surface area contributed by atoms with Gasteiger partial charge in [-0.2, -0.15) is 0 Å². The Morgan fingerprint density at radius 1 is 0.909 bits per heavy atom. The molecule has 0 bridgehead atoms. The molecule has 1 rings (SSSR count). The second kappa shape index (κ2) is 10.4. The third kappa shape index (κ3) is 8.17. The van der Waals surface area contributed by atoms with Crippen molar-refractivity contribution in [2.75, 3.05) is 5.75 Å². The van der Waals surface area contributed by atoms with Gasteiger partial charge in [0.1, 0.15) is 0 Å². The summed E-state index contributed by atoms with van der Waals surface area (Å²) in [5.41, 5.74) is 0.363. The first-order chi connectivity index (χ1) is 10.5. The van der Waals surface area contributed by atoms with Crippen LogP contribution in [0.1, 0.15) is 68.6 Å². The molecule has 0 aliphatic carbocycles. The van der Waals surface area contributed by atoms with Crippen LogP contribution in [0.4, 0.5) is 0 Å². The molecular formula is C17H27NO3S. The second-order valence-corrected chi connectivity index (χ2v) is 7.43. The molecule has 1 amide bonds. The Hall–Kier alpha value is -1.36. The van der Waals surface area contributed by atoms with E-state index < -0.39 is 15.9 Å². The van der Waals surface area contributed by atoms with Gasteiger partial charge in [-0.05, 0) is 18.6 Å². The molecule has 4 nitrogen and oxygen atoms in total. The molecule has 22 heavy (non-hydrogen) atoms. The van der Waals surface area contributed by atoms with Crippen LogP contribution in [0.3, 0.4) is 0 Å². The molecule has 1 aromatic rings. The minimum atomic E-state index is -3.53. The van der Waals surface area contributed by atoms with Gasteiger partial charge in [0.2, 0.25) is 10.0 Å². The summed E-state index contributed by atoms with van der Waals surface area (Å²) in [7, 11) is -3.53. The van der Waals surface area contributed by atoms with Gasteiger partial charge in [-0.3, -0.25) is 4.79 Å². The smallest absolute Gasteiger partial charge is 0.264 e. The molecule has 1 aromatic carbocycles. The predicted molar refractivity (Wildman–Crippen MR) is 90.3 cm³/mol. The normalized spacial score (nSPS) is 11.3. The maximum atomic E-state index is 11.9. The fraction of sp³-hybridized carbons (Fsp3) is 0.588. The highest BCUT2D eigenvalue weighted by Gasteiger charge is 2.15. The Morgan fingerprint density at radius 3 is 2.05 bits per heavy atom. The molecule has 0 fully saturated rings. The largest absolute Gasteiger partial charge is 0.268 e. The van der Waals surface area contributed by atoms with Crippen LogP contribution >= 0.6 is 0 Å². The van der Waals surface area contributed by atoms with Crippen LogP contribution in [-0.2, 0) is 10.0 Å². The number of amides is 1. The summed E-state index contributed by atoms with van der Waals surface area (Å²) in [6.07, 6.45) is 8.73. The summed E-state index contributed by atoms with van der Waals surface area (Å²) in [5, 5.41) is 0. The SMILES string of the molecule is CCCCCCCCCCS(=O)(=O)NC(=O)c1ccccc1. The van der Waals surface area contributed by atoms with Crippen molar-refractivity contribution < 1.29 is 13.2 Å². The average Bonchev–Trinajstić information content (AvgIpc) is 2.50. The van der Waals surface area contributed by atoms with E-state index in [-0.39, 0.29) is 5.75 Å². The molecule has 0 heterocycles. The number of hydrogen-bond acceptors (Lipinski definition) is 3. The number of unbranched alkanes of at least 4 members (excludes halogenated alkanes) is 7. The van der Waals surface area contributed by atoms with Crippen molar-refractivity contribution in [1.82, 2.24) is 4.72 Å². The lowest BCUT2D eigenvalue weighted by molar-refractivity contribution is 0.0981. The van der Waals surface area contributed by atoms with Gasteiger partial charge in [0, 0.05) is 5.56 Å². The molecule has 124 valence electrons. The number of rotatable bonds is 11. The van der Waals surface area contributed by atoms with E-state index in [1.54, 1.807) is 30.3 Å². The van der Waals surface area contributed by atoms with Crippen molar-refractivity contribution in [2.45, 2.75) is 58.3 Å². The van der Waals surface area contributed by atoms with Crippen LogP contribution in [0.15, 0.2) is 30.3 Å². The maximum absolute atomic E-state index is 11.9. The average molecular weight is 325 g/mol. The van der Waals surface area contributed by atoms with Crippen molar-refractivity contribution in [3.63, 3.8) is 0 Å². The number of hydrogen-bond donors (Lipinski definition) is 1. The summed E-state index contributed by atoms with van der Waals surface area (Å²) in [6, 6.07) is 8.40. The monoisotopic (exact) mass is 325 g/mol. The summed E-state index contributed by atoms with van der Waals surface area (Å²) in [5.74, 6) is -0.541. The van der Waals surface area contributed by atoms with Crippen molar-refractivity contribution in [1.29, 1.82) is 0 Å². The Kier molecular flexibility index (Phi) is 8.82. The third-order valence-corrected chi connectivity index (χ3v) is 4.87. The van der Waals surface area contributed by atoms with Crippen molar-refractivity contribution >= 4 is 15.9 Å². The van der Waals surface area contributed by atoms with Crippen molar-refractivity contribution in [2.24, 2.45) is 0 Å². The van der Waals surface area contributed by atoms with E-state index in [1.165, 1.54) is 25.7 Å². The minimum absolute atomic E-state index is 0.0144. The Bertz CT molecular complexity index is 526. The van der Waals surface area contributed by atoms with Crippen LogP contribution in [-0.4, -0.2) is 20.1 Å². The number of carbonyl (C=O) groups excluding carboxylic acids is 1. The van der Waals surface area contributed by atoms with E-state index in [0.717, 1.165) is 19.3 Å². The minimum Gasteiger partial charge on any atom is -0.268 e. The number of nitrogens with one attached hydrogen (secondary N) is 1. The molecule has 5 heteroatoms. The predicted octanol–water partition coefficient (Wildman–Crippen LogP) is 3.89. The van der Waals surface area contributed by atoms with Gasteiger partial charge in [0.25, 0.3) is 5.91 Å². The first kappa shape index (κ1) is 18.7. The molecule has 0 spiro atoms. The quantitative estimate of drug-likeness (QED) is 0.628. The van der Waals surface area contributed by atoms with Gasteiger partial charge in [0.05, 0.1) is 5.75 Å². The lowest BCUT2D eigenvalue weighted by Crippen LogP contribution is -2.32. The molecule has 0 saturated heterocycles. The molecule has 0 unspecified atom stereocenters. The van der Waals surface area contributed by atoms with Gasteiger partial charge in [-0.1, -0.05) is 70.1 Å². The molecular weight excluding hydrogens is 298 g/mol. The molecule has 0 saturated carbocycles. The van der Waals surface area contributed by atoms with Crippen LogP contribution < -0.4 is 4.72 Å². The van der Waals surface area contributed by atoms with Gasteiger partial charge >= 0.3 is 0 Å². The van der Waals surface area contributed by atoms with E-state index in [2.05, 4.69) is 11.6 Å². The van der Waals surface area contributed by atoms with Crippen LogP contribution in [0.5, 0.6) is 0 Å². The van der Waals surface area contributed by atoms with Crippen molar-refractivity contribution in [3.8, 4) is 0 Å². The maximum Gasteiger partial charge on any atom is 0.264 e. The van der Waals surface area contributed by atoms with E-state index in [0.29, 0.717) is 12.0 Å². The second-order valence-electron chi connectivity index (χ2n) is 5.59. The van der Waals surface area contributed by atoms with Crippen LogP contribution in [0, 0.1) is 0 Å². The zero-order valence-electron chi connectivity index (χ0n) is 13.4. The Morgan fingerprint density at radius 2 is 1.45 bits per heavy atom. The lowest BCUT2D eigenvalue weighted by atomic mass is 10.1. The molecule has 1 N–H and O–H groups in total. The fourth-order valence-electron chi connectivity index (χ4n) is 2.27. The number of benzene rings is 1. The van der Waals surface area contributed by atoms with Gasteiger partial charge in [-0.15, -0.1) is 0 Å². The molecule has 0 radical (unpaired) electrons. The Labute approximate surface area is 134 Å². The summed E-state index contributed by atoms with van der Waals surface area (Å²) >= 11 is 0. The fourth-order valence-corrected chi connectivity index (χ4v) is 3.35. The van der Waals surface area contributed by atoms with E-state index in [9.17, 15) is 13.2 Å². The summed E-state index contributed by atoms with van der Waals surface area (Å²) in [6.45, 7) is 2.19. The highest BCUT2D eigenvalue weighted by Crippen LogP contribution is 2.09. The van der Waals surface area contributed by atoms with Gasteiger partial charge in [-0.25, -0.2) is 13.1 Å².